The highest BCUT2D eigenvalue weighted by atomic mass is 16.5. The number of aryl methyl sites for hydroxylation is 1. The van der Waals surface area contributed by atoms with Gasteiger partial charge in [-0.25, -0.2) is 0 Å². The summed E-state index contributed by atoms with van der Waals surface area (Å²) < 4.78 is 5.39. The van der Waals surface area contributed by atoms with Crippen molar-refractivity contribution in [1.82, 2.24) is 4.90 Å². The minimum atomic E-state index is -0.186. The third kappa shape index (κ3) is 2.64. The summed E-state index contributed by atoms with van der Waals surface area (Å²) in [5.41, 5.74) is 7.77. The Hall–Kier alpha value is -1.55. The normalized spacial score (nSPS) is 20.0. The molecule has 0 unspecified atom stereocenters. The van der Waals surface area contributed by atoms with Gasteiger partial charge in [-0.2, -0.15) is 0 Å². The van der Waals surface area contributed by atoms with Gasteiger partial charge < -0.3 is 10.5 Å². The van der Waals surface area contributed by atoms with E-state index in [9.17, 15) is 4.79 Å². The number of likely N-dealkylation sites (tertiary alicyclic amines) is 1. The zero-order chi connectivity index (χ0) is 13.1. The van der Waals surface area contributed by atoms with Crippen LogP contribution in [-0.2, 0) is 11.3 Å². The number of rotatable bonds is 4. The van der Waals surface area contributed by atoms with Gasteiger partial charge in [-0.1, -0.05) is 12.1 Å². The first-order chi connectivity index (χ1) is 8.61. The van der Waals surface area contributed by atoms with Crippen molar-refractivity contribution in [3.8, 4) is 5.75 Å². The van der Waals surface area contributed by atoms with Crippen LogP contribution < -0.4 is 10.5 Å². The molecule has 2 rings (SSSR count). The lowest BCUT2D eigenvalue weighted by atomic mass is 10.1. The molecule has 18 heavy (non-hydrogen) atoms. The minimum Gasteiger partial charge on any atom is -0.496 e. The van der Waals surface area contributed by atoms with Crippen LogP contribution in [0.5, 0.6) is 5.75 Å². The Labute approximate surface area is 108 Å². The van der Waals surface area contributed by atoms with Crippen molar-refractivity contribution in [2.45, 2.75) is 19.9 Å². The monoisotopic (exact) mass is 248 g/mol. The lowest BCUT2D eigenvalue weighted by molar-refractivity contribution is -0.121. The van der Waals surface area contributed by atoms with Crippen molar-refractivity contribution in [3.63, 3.8) is 0 Å². The summed E-state index contributed by atoms with van der Waals surface area (Å²) in [5.74, 6) is 0.729. The molecule has 0 spiro atoms. The molecule has 1 saturated heterocycles. The average Bonchev–Trinajstić information content (AvgIpc) is 2.80. The quantitative estimate of drug-likeness (QED) is 0.874. The number of methoxy groups -OCH3 is 1. The highest BCUT2D eigenvalue weighted by molar-refractivity contribution is 5.77. The molecule has 1 amide bonds. The highest BCUT2D eigenvalue weighted by Crippen LogP contribution is 2.26. The van der Waals surface area contributed by atoms with Crippen LogP contribution in [0.15, 0.2) is 18.2 Å². The number of ether oxygens (including phenoxy) is 1. The van der Waals surface area contributed by atoms with Crippen LogP contribution in [0.25, 0.3) is 0 Å². The van der Waals surface area contributed by atoms with Crippen molar-refractivity contribution in [2.75, 3.05) is 20.2 Å². The number of nitrogens with zero attached hydrogens (tertiary/aromatic N) is 1. The largest absolute Gasteiger partial charge is 0.496 e. The molecule has 0 bridgehead atoms. The molecule has 1 aliphatic rings. The van der Waals surface area contributed by atoms with Crippen LogP contribution in [0, 0.1) is 12.8 Å². The van der Waals surface area contributed by atoms with E-state index in [1.807, 2.05) is 12.1 Å². The number of hydrogen-bond acceptors (Lipinski definition) is 3. The summed E-state index contributed by atoms with van der Waals surface area (Å²) >= 11 is 0. The molecule has 2 N–H and O–H groups in total. The fourth-order valence-corrected chi connectivity index (χ4v) is 2.50. The van der Waals surface area contributed by atoms with Crippen molar-refractivity contribution >= 4 is 5.91 Å². The number of carbonyl (C=O) groups excluding carboxylic acids is 1. The minimum absolute atomic E-state index is 0.0000123. The Morgan fingerprint density at radius 1 is 1.56 bits per heavy atom. The van der Waals surface area contributed by atoms with Crippen molar-refractivity contribution in [3.05, 3.63) is 29.3 Å². The van der Waals surface area contributed by atoms with Gasteiger partial charge in [0.15, 0.2) is 0 Å². The molecule has 1 atom stereocenters. The summed E-state index contributed by atoms with van der Waals surface area (Å²) in [7, 11) is 1.69. The molecular formula is C14H20N2O2. The number of primary amides is 1. The van der Waals surface area contributed by atoms with Gasteiger partial charge in [0.1, 0.15) is 5.75 Å². The zero-order valence-electron chi connectivity index (χ0n) is 11.0. The SMILES string of the molecule is COc1cccc(C)c1CN1CC[C@H](C(N)=O)C1. The molecule has 1 heterocycles. The van der Waals surface area contributed by atoms with Crippen LogP contribution in [0.1, 0.15) is 17.5 Å². The number of nitrogens with two attached hydrogens (primary N) is 1. The summed E-state index contributed by atoms with van der Waals surface area (Å²) in [6.07, 6.45) is 0.865. The zero-order valence-corrected chi connectivity index (χ0v) is 11.0. The lowest BCUT2D eigenvalue weighted by Crippen LogP contribution is -2.27. The van der Waals surface area contributed by atoms with Gasteiger partial charge in [-0.3, -0.25) is 9.69 Å². The first-order valence-electron chi connectivity index (χ1n) is 6.26. The molecular weight excluding hydrogens is 228 g/mol. The van der Waals surface area contributed by atoms with Crippen molar-refractivity contribution in [1.29, 1.82) is 0 Å². The Bertz CT molecular complexity index is 445. The van der Waals surface area contributed by atoms with Crippen LogP contribution in [-0.4, -0.2) is 31.0 Å². The maximum absolute atomic E-state index is 11.2. The van der Waals surface area contributed by atoms with Crippen LogP contribution in [0.4, 0.5) is 0 Å². The first-order valence-corrected chi connectivity index (χ1v) is 6.26. The third-order valence-corrected chi connectivity index (χ3v) is 3.64. The molecule has 0 aliphatic carbocycles. The molecule has 1 aliphatic heterocycles. The molecule has 4 heteroatoms. The molecule has 1 aromatic carbocycles. The standard InChI is InChI=1S/C14H20N2O2/c1-10-4-3-5-13(18-2)12(10)9-16-7-6-11(8-16)14(15)17/h3-5,11H,6-9H2,1-2H3,(H2,15,17)/t11-/m0/s1. The van der Waals surface area contributed by atoms with Gasteiger partial charge in [0.2, 0.25) is 5.91 Å². The maximum Gasteiger partial charge on any atom is 0.221 e. The van der Waals surface area contributed by atoms with Crippen LogP contribution in [0.3, 0.4) is 0 Å². The van der Waals surface area contributed by atoms with E-state index >= 15 is 0 Å². The van der Waals surface area contributed by atoms with Gasteiger partial charge in [0.05, 0.1) is 13.0 Å². The maximum atomic E-state index is 11.2. The molecule has 0 saturated carbocycles. The van der Waals surface area contributed by atoms with E-state index < -0.39 is 0 Å². The van der Waals surface area contributed by atoms with Gasteiger partial charge >= 0.3 is 0 Å². The van der Waals surface area contributed by atoms with E-state index in [4.69, 9.17) is 10.5 Å². The molecule has 4 nitrogen and oxygen atoms in total. The second-order valence-corrected chi connectivity index (χ2v) is 4.88. The van der Waals surface area contributed by atoms with Gasteiger partial charge in [0.25, 0.3) is 0 Å². The first kappa shape index (κ1) is 12.9. The van der Waals surface area contributed by atoms with Gasteiger partial charge in [0, 0.05) is 18.7 Å². The second-order valence-electron chi connectivity index (χ2n) is 4.88. The molecule has 0 radical (unpaired) electrons. The summed E-state index contributed by atoms with van der Waals surface area (Å²) in [4.78, 5) is 13.4. The van der Waals surface area contributed by atoms with Gasteiger partial charge in [-0.15, -0.1) is 0 Å². The van der Waals surface area contributed by atoms with E-state index in [1.165, 1.54) is 11.1 Å². The average molecular weight is 248 g/mol. The Morgan fingerprint density at radius 3 is 2.94 bits per heavy atom. The fourth-order valence-electron chi connectivity index (χ4n) is 2.50. The Morgan fingerprint density at radius 2 is 2.33 bits per heavy atom. The van der Waals surface area contributed by atoms with E-state index in [0.29, 0.717) is 0 Å². The topological polar surface area (TPSA) is 55.6 Å². The summed E-state index contributed by atoms with van der Waals surface area (Å²) in [5, 5.41) is 0. The third-order valence-electron chi connectivity index (χ3n) is 3.64. The van der Waals surface area contributed by atoms with E-state index in [2.05, 4.69) is 17.9 Å². The smallest absolute Gasteiger partial charge is 0.221 e. The number of hydrogen-bond donors (Lipinski definition) is 1. The molecule has 1 fully saturated rings. The number of amides is 1. The van der Waals surface area contributed by atoms with Crippen LogP contribution in [0.2, 0.25) is 0 Å². The van der Waals surface area contributed by atoms with E-state index in [0.717, 1.165) is 31.8 Å². The molecule has 1 aromatic rings. The van der Waals surface area contributed by atoms with E-state index in [-0.39, 0.29) is 11.8 Å². The molecule has 0 aromatic heterocycles. The van der Waals surface area contributed by atoms with Crippen molar-refractivity contribution in [2.24, 2.45) is 11.7 Å². The highest BCUT2D eigenvalue weighted by Gasteiger charge is 2.27. The van der Waals surface area contributed by atoms with Crippen molar-refractivity contribution < 1.29 is 9.53 Å². The number of benzene rings is 1. The molecule has 98 valence electrons. The summed E-state index contributed by atoms with van der Waals surface area (Å²) in [6, 6.07) is 6.05. The predicted octanol–water partition coefficient (Wildman–Crippen LogP) is 1.31. The van der Waals surface area contributed by atoms with Gasteiger partial charge in [-0.05, 0) is 31.5 Å². The fraction of sp³-hybridized carbons (Fsp3) is 0.500. The second kappa shape index (κ2) is 5.40. The Balaban J connectivity index is 2.09. The van der Waals surface area contributed by atoms with E-state index in [1.54, 1.807) is 7.11 Å². The lowest BCUT2D eigenvalue weighted by Gasteiger charge is -2.19. The summed E-state index contributed by atoms with van der Waals surface area (Å²) in [6.45, 7) is 4.58. The number of carbonyl (C=O) groups is 1. The Kier molecular flexibility index (Phi) is 3.87. The van der Waals surface area contributed by atoms with Crippen LogP contribution >= 0.6 is 0 Å². The predicted molar refractivity (Wildman–Crippen MR) is 70.3 cm³/mol.